The summed E-state index contributed by atoms with van der Waals surface area (Å²) in [7, 11) is 0. The number of nitrogens with zero attached hydrogens (tertiary/aromatic N) is 1. The van der Waals surface area contributed by atoms with Gasteiger partial charge in [0.15, 0.2) is 0 Å². The van der Waals surface area contributed by atoms with E-state index >= 15 is 0 Å². The zero-order chi connectivity index (χ0) is 7.19. The Morgan fingerprint density at radius 2 is 2.30 bits per heavy atom. The molecule has 1 aliphatic heterocycles. The molecule has 1 spiro atoms. The summed E-state index contributed by atoms with van der Waals surface area (Å²) in [6.07, 6.45) is 2.49. The number of hydrogen-bond acceptors (Lipinski definition) is 2. The van der Waals surface area contributed by atoms with Crippen LogP contribution in [0.2, 0.25) is 0 Å². The largest absolute Gasteiger partial charge is 0.391 e. The second-order valence-corrected chi connectivity index (χ2v) is 3.71. The molecule has 2 heteroatoms. The van der Waals surface area contributed by atoms with Gasteiger partial charge in [0.2, 0.25) is 0 Å². The molecule has 0 aromatic carbocycles. The average Bonchev–Trinajstić information content (AvgIpc) is 2.60. The molecule has 2 fully saturated rings. The second kappa shape index (κ2) is 1.95. The minimum Gasteiger partial charge on any atom is -0.391 e. The SMILES string of the molecule is CCN1CC(O)C2(CC2)C1. The van der Waals surface area contributed by atoms with Gasteiger partial charge >= 0.3 is 0 Å². The van der Waals surface area contributed by atoms with Crippen molar-refractivity contribution in [3.63, 3.8) is 0 Å². The van der Waals surface area contributed by atoms with Crippen molar-refractivity contribution < 1.29 is 5.11 Å². The molecule has 2 rings (SSSR count). The normalized spacial score (nSPS) is 37.2. The first-order valence-corrected chi connectivity index (χ1v) is 4.17. The van der Waals surface area contributed by atoms with E-state index in [1.165, 1.54) is 12.8 Å². The Bertz CT molecular complexity index is 142. The lowest BCUT2D eigenvalue weighted by Gasteiger charge is -2.10. The molecule has 1 saturated heterocycles. The van der Waals surface area contributed by atoms with Crippen LogP contribution >= 0.6 is 0 Å². The van der Waals surface area contributed by atoms with Crippen LogP contribution in [-0.2, 0) is 0 Å². The van der Waals surface area contributed by atoms with E-state index in [2.05, 4.69) is 11.8 Å². The topological polar surface area (TPSA) is 23.5 Å². The van der Waals surface area contributed by atoms with Crippen LogP contribution < -0.4 is 0 Å². The van der Waals surface area contributed by atoms with Gasteiger partial charge in [0.1, 0.15) is 0 Å². The lowest BCUT2D eigenvalue weighted by atomic mass is 10.0. The number of rotatable bonds is 1. The van der Waals surface area contributed by atoms with Crippen LogP contribution in [0.25, 0.3) is 0 Å². The highest BCUT2D eigenvalue weighted by atomic mass is 16.3. The summed E-state index contributed by atoms with van der Waals surface area (Å²) >= 11 is 0. The molecule has 0 amide bonds. The molecule has 0 aromatic heterocycles. The first-order chi connectivity index (χ1) is 4.77. The molecule has 10 heavy (non-hydrogen) atoms. The Balaban J connectivity index is 2.01. The van der Waals surface area contributed by atoms with E-state index in [4.69, 9.17) is 0 Å². The highest BCUT2D eigenvalue weighted by molar-refractivity contribution is 5.06. The molecular formula is C8H15NO. The van der Waals surface area contributed by atoms with Gasteiger partial charge in [-0.15, -0.1) is 0 Å². The van der Waals surface area contributed by atoms with E-state index < -0.39 is 0 Å². The molecule has 1 atom stereocenters. The van der Waals surface area contributed by atoms with Crippen LogP contribution in [0.1, 0.15) is 19.8 Å². The first kappa shape index (κ1) is 6.62. The third-order valence-corrected chi connectivity index (χ3v) is 3.02. The minimum absolute atomic E-state index is 0.0209. The van der Waals surface area contributed by atoms with Crippen LogP contribution in [0, 0.1) is 5.41 Å². The Labute approximate surface area is 61.8 Å². The molecular weight excluding hydrogens is 126 g/mol. The van der Waals surface area contributed by atoms with Gasteiger partial charge < -0.3 is 10.0 Å². The second-order valence-electron chi connectivity index (χ2n) is 3.71. The van der Waals surface area contributed by atoms with Crippen molar-refractivity contribution in [2.75, 3.05) is 19.6 Å². The fraction of sp³-hybridized carbons (Fsp3) is 1.00. The number of likely N-dealkylation sites (N-methyl/N-ethyl adjacent to an activating group) is 1. The van der Waals surface area contributed by atoms with Crippen molar-refractivity contribution in [1.82, 2.24) is 4.90 Å². The predicted octanol–water partition coefficient (Wildman–Crippen LogP) is 0.463. The third-order valence-electron chi connectivity index (χ3n) is 3.02. The zero-order valence-corrected chi connectivity index (χ0v) is 6.51. The maximum absolute atomic E-state index is 9.58. The Morgan fingerprint density at radius 1 is 1.60 bits per heavy atom. The average molecular weight is 141 g/mol. The molecule has 1 heterocycles. The maximum Gasteiger partial charge on any atom is 0.0735 e. The van der Waals surface area contributed by atoms with Gasteiger partial charge in [-0.05, 0) is 19.4 Å². The number of aliphatic hydroxyl groups excluding tert-OH is 1. The molecule has 1 N–H and O–H groups in total. The van der Waals surface area contributed by atoms with Gasteiger partial charge in [0.25, 0.3) is 0 Å². The molecule has 1 aliphatic carbocycles. The van der Waals surface area contributed by atoms with Crippen molar-refractivity contribution in [2.45, 2.75) is 25.9 Å². The molecule has 1 saturated carbocycles. The Hall–Kier alpha value is -0.0800. The maximum atomic E-state index is 9.58. The van der Waals surface area contributed by atoms with Gasteiger partial charge in [-0.25, -0.2) is 0 Å². The summed E-state index contributed by atoms with van der Waals surface area (Å²) in [6.45, 7) is 5.31. The molecule has 2 nitrogen and oxygen atoms in total. The molecule has 0 aromatic rings. The van der Waals surface area contributed by atoms with E-state index in [0.717, 1.165) is 19.6 Å². The summed E-state index contributed by atoms with van der Waals surface area (Å²) in [4.78, 5) is 2.34. The summed E-state index contributed by atoms with van der Waals surface area (Å²) in [6, 6.07) is 0. The predicted molar refractivity (Wildman–Crippen MR) is 39.8 cm³/mol. The zero-order valence-electron chi connectivity index (χ0n) is 6.51. The van der Waals surface area contributed by atoms with E-state index in [1.807, 2.05) is 0 Å². The lowest BCUT2D eigenvalue weighted by molar-refractivity contribution is 0.131. The van der Waals surface area contributed by atoms with E-state index in [0.29, 0.717) is 5.41 Å². The van der Waals surface area contributed by atoms with Crippen molar-refractivity contribution in [3.05, 3.63) is 0 Å². The summed E-state index contributed by atoms with van der Waals surface area (Å²) in [5.74, 6) is 0. The highest BCUT2D eigenvalue weighted by Crippen LogP contribution is 2.52. The van der Waals surface area contributed by atoms with Crippen molar-refractivity contribution in [3.8, 4) is 0 Å². The number of β-amino-alcohol motifs (C(OH)–C–C–N with tert-alkyl or cyclic N) is 1. The van der Waals surface area contributed by atoms with Crippen molar-refractivity contribution in [2.24, 2.45) is 5.41 Å². The standard InChI is InChI=1S/C8H15NO/c1-2-9-5-7(10)8(6-9)3-4-8/h7,10H,2-6H2,1H3. The fourth-order valence-electron chi connectivity index (χ4n) is 1.95. The summed E-state index contributed by atoms with van der Waals surface area (Å²) in [5, 5.41) is 9.58. The van der Waals surface area contributed by atoms with Crippen molar-refractivity contribution in [1.29, 1.82) is 0 Å². The smallest absolute Gasteiger partial charge is 0.0735 e. The van der Waals surface area contributed by atoms with Crippen LogP contribution in [0.3, 0.4) is 0 Å². The van der Waals surface area contributed by atoms with Gasteiger partial charge in [0, 0.05) is 18.5 Å². The molecule has 0 radical (unpaired) electrons. The van der Waals surface area contributed by atoms with Gasteiger partial charge in [-0.1, -0.05) is 6.92 Å². The van der Waals surface area contributed by atoms with Crippen LogP contribution in [-0.4, -0.2) is 35.7 Å². The lowest BCUT2D eigenvalue weighted by Crippen LogP contribution is -2.21. The third kappa shape index (κ3) is 0.789. The Morgan fingerprint density at radius 3 is 2.60 bits per heavy atom. The Kier molecular flexibility index (Phi) is 1.29. The highest BCUT2D eigenvalue weighted by Gasteiger charge is 2.53. The quantitative estimate of drug-likeness (QED) is 0.573. The van der Waals surface area contributed by atoms with Gasteiger partial charge in [-0.3, -0.25) is 0 Å². The molecule has 2 aliphatic rings. The van der Waals surface area contributed by atoms with Gasteiger partial charge in [0.05, 0.1) is 6.10 Å². The van der Waals surface area contributed by atoms with Crippen LogP contribution in [0.15, 0.2) is 0 Å². The number of hydrogen-bond donors (Lipinski definition) is 1. The minimum atomic E-state index is -0.0209. The monoisotopic (exact) mass is 141 g/mol. The first-order valence-electron chi connectivity index (χ1n) is 4.17. The van der Waals surface area contributed by atoms with E-state index in [-0.39, 0.29) is 6.10 Å². The van der Waals surface area contributed by atoms with E-state index in [9.17, 15) is 5.11 Å². The molecule has 1 unspecified atom stereocenters. The number of likely N-dealkylation sites (tertiary alicyclic amines) is 1. The van der Waals surface area contributed by atoms with Gasteiger partial charge in [-0.2, -0.15) is 0 Å². The number of aliphatic hydroxyl groups is 1. The van der Waals surface area contributed by atoms with Crippen LogP contribution in [0.4, 0.5) is 0 Å². The van der Waals surface area contributed by atoms with Crippen molar-refractivity contribution >= 4 is 0 Å². The summed E-state index contributed by atoms with van der Waals surface area (Å²) in [5.41, 5.74) is 0.357. The van der Waals surface area contributed by atoms with Crippen LogP contribution in [0.5, 0.6) is 0 Å². The molecule has 58 valence electrons. The summed E-state index contributed by atoms with van der Waals surface area (Å²) < 4.78 is 0. The molecule has 0 bridgehead atoms. The fourth-order valence-corrected chi connectivity index (χ4v) is 1.95. The van der Waals surface area contributed by atoms with E-state index in [1.54, 1.807) is 0 Å².